The van der Waals surface area contributed by atoms with Crippen LogP contribution in [0, 0.1) is 5.82 Å². The van der Waals surface area contributed by atoms with Gasteiger partial charge in [-0.15, -0.1) is 0 Å². The number of anilines is 1. The highest BCUT2D eigenvalue weighted by atomic mass is 32.2. The number of halogens is 5. The predicted molar refractivity (Wildman–Crippen MR) is 66.7 cm³/mol. The molecule has 4 nitrogen and oxygen atoms in total. The van der Waals surface area contributed by atoms with Gasteiger partial charge in [0.25, 0.3) is 0 Å². The van der Waals surface area contributed by atoms with Gasteiger partial charge in [-0.2, -0.15) is 8.78 Å². The van der Waals surface area contributed by atoms with Crippen molar-refractivity contribution in [1.82, 2.24) is 5.32 Å². The van der Waals surface area contributed by atoms with Gasteiger partial charge in [0.1, 0.15) is 5.82 Å². The van der Waals surface area contributed by atoms with Gasteiger partial charge in [0.15, 0.2) is 0 Å². The highest BCUT2D eigenvalue weighted by molar-refractivity contribution is 7.84. The van der Waals surface area contributed by atoms with Crippen molar-refractivity contribution in [2.45, 2.75) is 17.2 Å². The Morgan fingerprint density at radius 2 is 2.00 bits per heavy atom. The molecular formula is C11H11F5N2O2S. The quantitative estimate of drug-likeness (QED) is 0.816. The van der Waals surface area contributed by atoms with Crippen molar-refractivity contribution in [1.29, 1.82) is 0 Å². The maximum absolute atomic E-state index is 13.4. The third-order valence-corrected chi connectivity index (χ3v) is 3.25. The van der Waals surface area contributed by atoms with E-state index >= 15 is 0 Å². The third kappa shape index (κ3) is 4.96. The molecule has 0 radical (unpaired) electrons. The summed E-state index contributed by atoms with van der Waals surface area (Å²) in [5.74, 6) is -5.21. The Kier molecular flexibility index (Phi) is 5.64. The van der Waals surface area contributed by atoms with E-state index < -0.39 is 41.5 Å². The smallest absolute Gasteiger partial charge is 0.324 e. The van der Waals surface area contributed by atoms with E-state index in [0.717, 1.165) is 12.1 Å². The number of nitrogens with one attached hydrogen (secondary N) is 2. The molecule has 0 saturated heterocycles. The van der Waals surface area contributed by atoms with Gasteiger partial charge in [-0.3, -0.25) is 4.21 Å². The highest BCUT2D eigenvalue weighted by Crippen LogP contribution is 2.21. The summed E-state index contributed by atoms with van der Waals surface area (Å²) in [5, 5.41) is 3.54. The summed E-state index contributed by atoms with van der Waals surface area (Å²) in [6.07, 6.45) is -2.65. The first kappa shape index (κ1) is 17.3. The number of urea groups is 1. The van der Waals surface area contributed by atoms with Crippen molar-refractivity contribution in [3.05, 3.63) is 24.0 Å². The summed E-state index contributed by atoms with van der Waals surface area (Å²) in [6, 6.07) is 1.99. The summed E-state index contributed by atoms with van der Waals surface area (Å²) in [6.45, 7) is -1.56. The number of benzene rings is 1. The SMILES string of the molecule is C[S@](=O)c1ccc(NC(=O)NCC(F)(F)C(F)F)cc1F. The van der Waals surface area contributed by atoms with Crippen LogP contribution in [0.25, 0.3) is 0 Å². The van der Waals surface area contributed by atoms with Crippen LogP contribution < -0.4 is 10.6 Å². The summed E-state index contributed by atoms with van der Waals surface area (Å²) in [4.78, 5) is 11.1. The molecule has 21 heavy (non-hydrogen) atoms. The second-order valence-electron chi connectivity index (χ2n) is 3.97. The number of hydrogen-bond acceptors (Lipinski definition) is 2. The lowest BCUT2D eigenvalue weighted by Gasteiger charge is -2.16. The van der Waals surface area contributed by atoms with Crippen LogP contribution in [0.15, 0.2) is 23.1 Å². The maximum Gasteiger partial charge on any atom is 0.324 e. The van der Waals surface area contributed by atoms with Gasteiger partial charge in [-0.05, 0) is 18.2 Å². The highest BCUT2D eigenvalue weighted by Gasteiger charge is 2.40. The Balaban J connectivity index is 2.64. The van der Waals surface area contributed by atoms with E-state index in [1.807, 2.05) is 5.32 Å². The van der Waals surface area contributed by atoms with Crippen LogP contribution in [0.4, 0.5) is 32.4 Å². The molecule has 0 saturated carbocycles. The Bertz CT molecular complexity index is 553. The number of carbonyl (C=O) groups is 1. The number of amides is 2. The number of hydrogen-bond donors (Lipinski definition) is 2. The monoisotopic (exact) mass is 330 g/mol. The molecule has 1 rings (SSSR count). The number of alkyl halides is 4. The Morgan fingerprint density at radius 3 is 2.48 bits per heavy atom. The topological polar surface area (TPSA) is 58.2 Å². The minimum atomic E-state index is -4.36. The molecule has 0 aliphatic carbocycles. The fraction of sp³-hybridized carbons (Fsp3) is 0.364. The van der Waals surface area contributed by atoms with Gasteiger partial charge in [-0.25, -0.2) is 18.0 Å². The molecule has 0 aliphatic heterocycles. The summed E-state index contributed by atoms with van der Waals surface area (Å²) < 4.78 is 73.4. The zero-order valence-electron chi connectivity index (χ0n) is 10.6. The lowest BCUT2D eigenvalue weighted by atomic mass is 10.3. The second-order valence-corrected chi connectivity index (χ2v) is 5.32. The van der Waals surface area contributed by atoms with Crippen molar-refractivity contribution in [3.8, 4) is 0 Å². The average molecular weight is 330 g/mol. The van der Waals surface area contributed by atoms with Crippen LogP contribution in [0.5, 0.6) is 0 Å². The van der Waals surface area contributed by atoms with E-state index in [4.69, 9.17) is 0 Å². The first-order valence-corrected chi connectivity index (χ1v) is 7.03. The molecule has 0 aliphatic rings. The first-order chi connectivity index (χ1) is 9.63. The molecule has 0 heterocycles. The van der Waals surface area contributed by atoms with Gasteiger partial charge in [-0.1, -0.05) is 0 Å². The minimum absolute atomic E-state index is 0.0924. The molecule has 1 atom stereocenters. The molecule has 1 aromatic rings. The van der Waals surface area contributed by atoms with Gasteiger partial charge in [0, 0.05) is 11.9 Å². The number of carbonyl (C=O) groups excluding carboxylic acids is 1. The van der Waals surface area contributed by atoms with E-state index in [1.54, 1.807) is 5.32 Å². The van der Waals surface area contributed by atoms with E-state index in [9.17, 15) is 31.0 Å². The lowest BCUT2D eigenvalue weighted by Crippen LogP contribution is -2.42. The molecule has 0 spiro atoms. The maximum atomic E-state index is 13.4. The van der Waals surface area contributed by atoms with Gasteiger partial charge >= 0.3 is 18.4 Å². The third-order valence-electron chi connectivity index (χ3n) is 2.30. The van der Waals surface area contributed by atoms with Crippen LogP contribution in [0.2, 0.25) is 0 Å². The molecule has 0 aromatic heterocycles. The standard InChI is InChI=1S/C11H11F5N2O2S/c1-21(20)8-3-2-6(4-7(8)12)18-10(19)17-5-11(15,16)9(13)14/h2-4,9H,5H2,1H3,(H2,17,18,19)/t21-/m0/s1. The van der Waals surface area contributed by atoms with Crippen LogP contribution in [0.3, 0.4) is 0 Å². The Labute approximate surface area is 119 Å². The molecule has 118 valence electrons. The normalized spacial score (nSPS) is 13.1. The van der Waals surface area contributed by atoms with Gasteiger partial charge in [0.2, 0.25) is 0 Å². The predicted octanol–water partition coefficient (Wildman–Crippen LogP) is 2.59. The van der Waals surface area contributed by atoms with Crippen LogP contribution in [0.1, 0.15) is 0 Å². The van der Waals surface area contributed by atoms with Crippen molar-refractivity contribution in [2.24, 2.45) is 0 Å². The Hall–Kier alpha value is -1.71. The number of rotatable bonds is 5. The van der Waals surface area contributed by atoms with Crippen LogP contribution >= 0.6 is 0 Å². The lowest BCUT2D eigenvalue weighted by molar-refractivity contribution is -0.123. The average Bonchev–Trinajstić information content (AvgIpc) is 2.36. The Morgan fingerprint density at radius 1 is 1.38 bits per heavy atom. The van der Waals surface area contributed by atoms with Gasteiger partial charge in [0.05, 0.1) is 22.2 Å². The molecule has 0 bridgehead atoms. The van der Waals surface area contributed by atoms with Crippen molar-refractivity contribution < 1.29 is 31.0 Å². The summed E-state index contributed by atoms with van der Waals surface area (Å²) in [5.41, 5.74) is -0.0976. The first-order valence-electron chi connectivity index (χ1n) is 5.47. The van der Waals surface area contributed by atoms with E-state index in [2.05, 4.69) is 0 Å². The zero-order valence-corrected chi connectivity index (χ0v) is 11.4. The zero-order chi connectivity index (χ0) is 16.2. The fourth-order valence-electron chi connectivity index (χ4n) is 1.26. The molecule has 0 fully saturated rings. The van der Waals surface area contributed by atoms with Crippen LogP contribution in [-0.4, -0.2) is 35.4 Å². The largest absolute Gasteiger partial charge is 0.332 e. The molecule has 10 heteroatoms. The summed E-state index contributed by atoms with van der Waals surface area (Å²) in [7, 11) is -1.57. The van der Waals surface area contributed by atoms with E-state index in [-0.39, 0.29) is 10.6 Å². The molecule has 1 aromatic carbocycles. The second kappa shape index (κ2) is 6.83. The van der Waals surface area contributed by atoms with Crippen molar-refractivity contribution >= 4 is 22.5 Å². The molecule has 2 N–H and O–H groups in total. The molecular weight excluding hydrogens is 319 g/mol. The summed E-state index contributed by atoms with van der Waals surface area (Å²) >= 11 is 0. The molecule has 2 amide bonds. The fourth-order valence-corrected chi connectivity index (χ4v) is 1.86. The van der Waals surface area contributed by atoms with Gasteiger partial charge < -0.3 is 10.6 Å². The minimum Gasteiger partial charge on any atom is -0.332 e. The molecule has 0 unspecified atom stereocenters. The van der Waals surface area contributed by atoms with E-state index in [1.165, 1.54) is 12.3 Å². The van der Waals surface area contributed by atoms with Crippen molar-refractivity contribution in [3.63, 3.8) is 0 Å². The van der Waals surface area contributed by atoms with Crippen LogP contribution in [-0.2, 0) is 10.8 Å². The van der Waals surface area contributed by atoms with Crippen molar-refractivity contribution in [2.75, 3.05) is 18.1 Å². The van der Waals surface area contributed by atoms with E-state index in [0.29, 0.717) is 0 Å².